The maximum atomic E-state index is 6.35. The quantitative estimate of drug-likeness (QED) is 0.158. The summed E-state index contributed by atoms with van der Waals surface area (Å²) in [5.74, 6) is 1.78. The minimum Gasteiger partial charge on any atom is -0.434 e. The van der Waals surface area contributed by atoms with E-state index in [0.717, 1.165) is 77.8 Å². The summed E-state index contributed by atoms with van der Waals surface area (Å²) in [4.78, 5) is 29.2. The van der Waals surface area contributed by atoms with Crippen LogP contribution < -0.4 is 0 Å². The van der Waals surface area contributed by atoms with Gasteiger partial charge in [-0.25, -0.2) is 29.9 Å². The van der Waals surface area contributed by atoms with Crippen molar-refractivity contribution in [3.05, 3.63) is 201 Å². The van der Waals surface area contributed by atoms with Crippen LogP contribution in [-0.4, -0.2) is 34.5 Å². The average Bonchev–Trinajstić information content (AvgIpc) is 3.90. The summed E-state index contributed by atoms with van der Waals surface area (Å²) in [6.07, 6.45) is 3.43. The lowest BCUT2D eigenvalue weighted by molar-refractivity contribution is 0.652. The number of nitrogens with zero attached hydrogens (tertiary/aromatic N) is 7. The summed E-state index contributed by atoms with van der Waals surface area (Å²) in [5.41, 5.74) is 13.6. The molecule has 5 heterocycles. The molecule has 7 aromatic carbocycles. The predicted molar refractivity (Wildman–Crippen MR) is 247 cm³/mol. The van der Waals surface area contributed by atoms with Crippen molar-refractivity contribution < 1.29 is 4.42 Å². The summed E-state index contributed by atoms with van der Waals surface area (Å²) in [6.45, 7) is 0. The first-order chi connectivity index (χ1) is 30.7. The van der Waals surface area contributed by atoms with E-state index in [2.05, 4.69) is 142 Å². The van der Waals surface area contributed by atoms with Crippen LogP contribution in [0.2, 0.25) is 0 Å². The van der Waals surface area contributed by atoms with E-state index in [1.807, 2.05) is 66.9 Å². The molecule has 0 bridgehead atoms. The molecular weight excluding hydrogens is 763 g/mol. The van der Waals surface area contributed by atoms with Gasteiger partial charge in [0.05, 0.1) is 16.4 Å². The van der Waals surface area contributed by atoms with Crippen LogP contribution in [0, 0.1) is 0 Å². The standard InChI is InChI=1S/C54H33N7O/c1-3-13-34(14-4-1)38-17-11-18-39(29-38)48-50-49(57-33-56-48)45-31-41(32-55-54(45)62-50)35-25-27-37(28-26-35)52-58-51(36-15-5-2-6-16-36)59-53(60-52)40-19-12-20-42(30-40)61-46-23-9-7-21-43(46)44-22-8-10-24-47(44)61/h1-33H. The van der Waals surface area contributed by atoms with Crippen LogP contribution in [0.1, 0.15) is 0 Å². The summed E-state index contributed by atoms with van der Waals surface area (Å²) in [7, 11) is 0. The van der Waals surface area contributed by atoms with Crippen LogP contribution >= 0.6 is 0 Å². The van der Waals surface area contributed by atoms with Crippen molar-refractivity contribution >= 4 is 44.0 Å². The van der Waals surface area contributed by atoms with Gasteiger partial charge in [0.25, 0.3) is 0 Å². The predicted octanol–water partition coefficient (Wildman–Crippen LogP) is 13.1. The molecule has 12 rings (SSSR count). The van der Waals surface area contributed by atoms with E-state index in [1.165, 1.54) is 10.8 Å². The topological polar surface area (TPSA) is 95.4 Å². The molecule has 0 fully saturated rings. The molecule has 5 aromatic heterocycles. The van der Waals surface area contributed by atoms with Crippen LogP contribution in [0.4, 0.5) is 0 Å². The fourth-order valence-electron chi connectivity index (χ4n) is 8.45. The number of pyridine rings is 1. The molecular formula is C54H33N7O. The Hall–Kier alpha value is -8.62. The van der Waals surface area contributed by atoms with Gasteiger partial charge < -0.3 is 8.98 Å². The lowest BCUT2D eigenvalue weighted by atomic mass is 10.0. The highest BCUT2D eigenvalue weighted by Crippen LogP contribution is 2.37. The summed E-state index contributed by atoms with van der Waals surface area (Å²) in [5, 5.41) is 3.24. The molecule has 290 valence electrons. The number of para-hydroxylation sites is 2. The highest BCUT2D eigenvalue weighted by atomic mass is 16.3. The molecule has 0 aliphatic rings. The third-order valence-corrected chi connectivity index (χ3v) is 11.4. The van der Waals surface area contributed by atoms with Crippen molar-refractivity contribution in [1.29, 1.82) is 0 Å². The van der Waals surface area contributed by atoms with Gasteiger partial charge in [0.2, 0.25) is 5.71 Å². The molecule has 0 unspecified atom stereocenters. The number of benzene rings is 7. The van der Waals surface area contributed by atoms with Gasteiger partial charge in [-0.1, -0.05) is 152 Å². The summed E-state index contributed by atoms with van der Waals surface area (Å²) in [6, 6.07) is 64.5. The van der Waals surface area contributed by atoms with E-state index >= 15 is 0 Å². The second-order valence-electron chi connectivity index (χ2n) is 15.2. The Bertz CT molecular complexity index is 3580. The summed E-state index contributed by atoms with van der Waals surface area (Å²) < 4.78 is 8.66. The molecule has 0 N–H and O–H groups in total. The van der Waals surface area contributed by atoms with E-state index in [4.69, 9.17) is 24.4 Å². The van der Waals surface area contributed by atoms with Crippen molar-refractivity contribution in [2.45, 2.75) is 0 Å². The molecule has 0 saturated heterocycles. The minimum atomic E-state index is 0.509. The van der Waals surface area contributed by atoms with Crippen molar-refractivity contribution in [1.82, 2.24) is 34.5 Å². The molecule has 62 heavy (non-hydrogen) atoms. The number of furan rings is 1. The first-order valence-corrected chi connectivity index (χ1v) is 20.4. The van der Waals surface area contributed by atoms with Gasteiger partial charge in [-0.2, -0.15) is 0 Å². The van der Waals surface area contributed by atoms with E-state index in [1.54, 1.807) is 6.33 Å². The Morgan fingerprint density at radius 3 is 1.65 bits per heavy atom. The van der Waals surface area contributed by atoms with Gasteiger partial charge in [0.15, 0.2) is 23.1 Å². The van der Waals surface area contributed by atoms with Crippen LogP contribution in [0.15, 0.2) is 205 Å². The Labute approximate surface area is 355 Å². The van der Waals surface area contributed by atoms with Crippen LogP contribution in [-0.2, 0) is 0 Å². The van der Waals surface area contributed by atoms with E-state index in [0.29, 0.717) is 28.8 Å². The van der Waals surface area contributed by atoms with E-state index < -0.39 is 0 Å². The zero-order valence-electron chi connectivity index (χ0n) is 33.1. The molecule has 8 heteroatoms. The fourth-order valence-corrected chi connectivity index (χ4v) is 8.45. The van der Waals surface area contributed by atoms with E-state index in [9.17, 15) is 0 Å². The van der Waals surface area contributed by atoms with Crippen molar-refractivity contribution in [3.63, 3.8) is 0 Å². The lowest BCUT2D eigenvalue weighted by Crippen LogP contribution is -2.01. The normalized spacial score (nSPS) is 11.5. The molecule has 0 atom stereocenters. The van der Waals surface area contributed by atoms with Crippen LogP contribution in [0.3, 0.4) is 0 Å². The Balaban J connectivity index is 0.911. The molecule has 0 amide bonds. The number of hydrogen-bond acceptors (Lipinski definition) is 7. The number of rotatable bonds is 7. The maximum Gasteiger partial charge on any atom is 0.229 e. The third kappa shape index (κ3) is 6.09. The number of hydrogen-bond donors (Lipinski definition) is 0. The molecule has 0 aliphatic heterocycles. The average molecular weight is 796 g/mol. The van der Waals surface area contributed by atoms with Crippen molar-refractivity contribution in [2.24, 2.45) is 0 Å². The molecule has 0 radical (unpaired) electrons. The van der Waals surface area contributed by atoms with Crippen LogP contribution in [0.25, 0.3) is 117 Å². The second kappa shape index (κ2) is 14.6. The SMILES string of the molecule is c1ccc(-c2cccc(-c3ncnc4c3oc3ncc(-c5ccc(-c6nc(-c7ccccc7)nc(-c7cccc(-n8c9ccccc9c9ccccc98)c7)n6)cc5)cc34)c2)cc1. The third-order valence-electron chi connectivity index (χ3n) is 11.4. The Morgan fingerprint density at radius 1 is 0.371 bits per heavy atom. The Kier molecular flexibility index (Phi) is 8.31. The molecule has 0 spiro atoms. The molecule has 0 saturated carbocycles. The van der Waals surface area contributed by atoms with Gasteiger partial charge in [-0.15, -0.1) is 0 Å². The second-order valence-corrected chi connectivity index (χ2v) is 15.2. The van der Waals surface area contributed by atoms with Crippen LogP contribution in [0.5, 0.6) is 0 Å². The molecule has 0 aliphatic carbocycles. The highest BCUT2D eigenvalue weighted by Gasteiger charge is 2.19. The maximum absolute atomic E-state index is 6.35. The lowest BCUT2D eigenvalue weighted by Gasteiger charge is -2.12. The largest absolute Gasteiger partial charge is 0.434 e. The number of fused-ring (bicyclic) bond motifs is 6. The van der Waals surface area contributed by atoms with Gasteiger partial charge >= 0.3 is 0 Å². The minimum absolute atomic E-state index is 0.509. The number of aromatic nitrogens is 7. The van der Waals surface area contributed by atoms with Gasteiger partial charge in [-0.05, 0) is 53.1 Å². The van der Waals surface area contributed by atoms with Gasteiger partial charge in [0, 0.05) is 50.5 Å². The van der Waals surface area contributed by atoms with Gasteiger partial charge in [0.1, 0.15) is 17.5 Å². The fraction of sp³-hybridized carbons (Fsp3) is 0. The first-order valence-electron chi connectivity index (χ1n) is 20.4. The first kappa shape index (κ1) is 35.3. The van der Waals surface area contributed by atoms with Crippen molar-refractivity contribution in [3.8, 4) is 73.4 Å². The van der Waals surface area contributed by atoms with Gasteiger partial charge in [-0.3, -0.25) is 0 Å². The molecule has 8 nitrogen and oxygen atoms in total. The Morgan fingerprint density at radius 2 is 0.919 bits per heavy atom. The zero-order chi connectivity index (χ0) is 41.0. The monoisotopic (exact) mass is 795 g/mol. The van der Waals surface area contributed by atoms with Crippen molar-refractivity contribution in [2.75, 3.05) is 0 Å². The zero-order valence-corrected chi connectivity index (χ0v) is 33.1. The van der Waals surface area contributed by atoms with E-state index in [-0.39, 0.29) is 0 Å². The summed E-state index contributed by atoms with van der Waals surface area (Å²) >= 11 is 0. The molecule has 12 aromatic rings. The smallest absolute Gasteiger partial charge is 0.229 e. The highest BCUT2D eigenvalue weighted by molar-refractivity contribution is 6.09.